The summed E-state index contributed by atoms with van der Waals surface area (Å²) in [6.07, 6.45) is 10.3. The highest BCUT2D eigenvalue weighted by molar-refractivity contribution is 6.30. The Balaban J connectivity index is 1.57. The number of benzene rings is 2. The van der Waals surface area contributed by atoms with Crippen LogP contribution in [-0.2, 0) is 27.0 Å². The van der Waals surface area contributed by atoms with Gasteiger partial charge in [-0.25, -0.2) is 4.79 Å². The predicted octanol–water partition coefficient (Wildman–Crippen LogP) is 5.06. The van der Waals surface area contributed by atoms with Gasteiger partial charge in [0.05, 0.1) is 18.7 Å². The van der Waals surface area contributed by atoms with Crippen LogP contribution in [0, 0.1) is 0 Å². The van der Waals surface area contributed by atoms with Crippen molar-refractivity contribution in [2.45, 2.75) is 62.4 Å². The van der Waals surface area contributed by atoms with E-state index in [2.05, 4.69) is 29.2 Å². The number of nitrogens with zero attached hydrogens (tertiary/aromatic N) is 2. The van der Waals surface area contributed by atoms with Gasteiger partial charge in [-0.1, -0.05) is 35.9 Å². The molecule has 5 rings (SSSR count). The minimum Gasteiger partial charge on any atom is -0.490 e. The average molecular weight is 553 g/mol. The second kappa shape index (κ2) is 11.2. The van der Waals surface area contributed by atoms with Gasteiger partial charge in [-0.3, -0.25) is 4.79 Å². The third-order valence-corrected chi connectivity index (χ3v) is 8.78. The summed E-state index contributed by atoms with van der Waals surface area (Å²) < 4.78 is 6.47. The topological polar surface area (TPSA) is 90.3 Å². The quantitative estimate of drug-likeness (QED) is 0.480. The second-order valence-corrected chi connectivity index (χ2v) is 11.7. The molecule has 2 aromatic carbocycles. The van der Waals surface area contributed by atoms with Gasteiger partial charge >= 0.3 is 5.97 Å². The number of anilines is 1. The Morgan fingerprint density at radius 2 is 1.87 bits per heavy atom. The van der Waals surface area contributed by atoms with Crippen molar-refractivity contribution in [3.05, 3.63) is 70.3 Å². The summed E-state index contributed by atoms with van der Waals surface area (Å²) in [6, 6.07) is 11.2. The van der Waals surface area contributed by atoms with E-state index >= 15 is 0 Å². The number of allylic oxidation sites excluding steroid dienone is 1. The Morgan fingerprint density at radius 1 is 1.05 bits per heavy atom. The first-order valence-corrected chi connectivity index (χ1v) is 14.3. The monoisotopic (exact) mass is 552 g/mol. The summed E-state index contributed by atoms with van der Waals surface area (Å²) >= 11 is 6.35. The van der Waals surface area contributed by atoms with Crippen molar-refractivity contribution in [3.63, 3.8) is 0 Å². The van der Waals surface area contributed by atoms with Crippen LogP contribution in [0.3, 0.4) is 0 Å². The SMILES string of the molecule is CN1CC/C=C\CCCCN2C[C@@]3(CCCc4cc(Cl)ccc43)COc3ccc(cc32)[C@@](O)(C(=O)O)CC1=O. The van der Waals surface area contributed by atoms with E-state index in [1.54, 1.807) is 25.2 Å². The molecule has 2 N–H and O–H groups in total. The molecule has 0 fully saturated rings. The largest absolute Gasteiger partial charge is 0.490 e. The Kier molecular flexibility index (Phi) is 7.92. The Morgan fingerprint density at radius 3 is 2.69 bits per heavy atom. The van der Waals surface area contributed by atoms with Gasteiger partial charge in [0.15, 0.2) is 5.60 Å². The number of aliphatic carboxylic acids is 1. The van der Waals surface area contributed by atoms with Crippen LogP contribution in [0.5, 0.6) is 5.75 Å². The number of carbonyl (C=O) groups is 2. The number of halogens is 1. The molecule has 0 saturated heterocycles. The summed E-state index contributed by atoms with van der Waals surface area (Å²) in [5, 5.41) is 22.3. The van der Waals surface area contributed by atoms with Crippen molar-refractivity contribution in [2.24, 2.45) is 0 Å². The number of aliphatic hydroxyl groups is 1. The van der Waals surface area contributed by atoms with Crippen molar-refractivity contribution in [2.75, 3.05) is 38.2 Å². The standard InChI is InChI=1S/C31H37ClN2O5/c1-33-15-6-4-2-3-5-7-16-34-20-30(14-8-9-22-17-24(32)11-12-25(22)30)21-39-27-13-10-23(18-26(27)34)31(38,29(36)37)19-28(33)35/h2,4,10-13,17-18,38H,3,5-9,14-16,19-21H2,1H3,(H,36,37)/b4-2-/t30-,31+/m0/s1. The molecule has 2 aliphatic heterocycles. The Hall–Kier alpha value is -3.03. The first kappa shape index (κ1) is 27.5. The highest BCUT2D eigenvalue weighted by Gasteiger charge is 2.44. The lowest BCUT2D eigenvalue weighted by Gasteiger charge is -2.41. The van der Waals surface area contributed by atoms with Gasteiger partial charge in [0.25, 0.3) is 0 Å². The summed E-state index contributed by atoms with van der Waals surface area (Å²) in [7, 11) is 1.64. The molecule has 39 heavy (non-hydrogen) atoms. The van der Waals surface area contributed by atoms with E-state index in [4.69, 9.17) is 16.3 Å². The first-order chi connectivity index (χ1) is 18.7. The molecule has 1 aliphatic carbocycles. The molecule has 7 nitrogen and oxygen atoms in total. The van der Waals surface area contributed by atoms with Crippen molar-refractivity contribution < 1.29 is 24.5 Å². The number of fused-ring (bicyclic) bond motifs is 3. The molecule has 2 atom stereocenters. The van der Waals surface area contributed by atoms with Crippen LogP contribution < -0.4 is 9.64 Å². The van der Waals surface area contributed by atoms with Crippen molar-refractivity contribution in [3.8, 4) is 5.75 Å². The van der Waals surface area contributed by atoms with Crippen LogP contribution in [0.1, 0.15) is 61.6 Å². The van der Waals surface area contributed by atoms with Gasteiger partial charge in [0, 0.05) is 37.1 Å². The number of rotatable bonds is 1. The number of ether oxygens (including phenoxy) is 1. The molecule has 0 saturated carbocycles. The van der Waals surface area contributed by atoms with E-state index in [1.165, 1.54) is 16.0 Å². The molecule has 0 unspecified atom stereocenters. The average Bonchev–Trinajstić information content (AvgIpc) is 3.06. The van der Waals surface area contributed by atoms with E-state index in [1.807, 2.05) is 6.07 Å². The van der Waals surface area contributed by atoms with Crippen LogP contribution in [-0.4, -0.2) is 60.3 Å². The highest BCUT2D eigenvalue weighted by atomic mass is 35.5. The smallest absolute Gasteiger partial charge is 0.340 e. The lowest BCUT2D eigenvalue weighted by Crippen LogP contribution is -2.46. The minimum absolute atomic E-state index is 0.183. The van der Waals surface area contributed by atoms with E-state index in [0.29, 0.717) is 31.9 Å². The van der Waals surface area contributed by atoms with Crippen molar-refractivity contribution >= 4 is 29.2 Å². The van der Waals surface area contributed by atoms with Crippen LogP contribution >= 0.6 is 11.6 Å². The number of carbonyl (C=O) groups excluding carboxylic acids is 1. The molecule has 8 heteroatoms. The van der Waals surface area contributed by atoms with Crippen LogP contribution in [0.15, 0.2) is 48.6 Å². The van der Waals surface area contributed by atoms with Crippen molar-refractivity contribution in [1.82, 2.24) is 4.90 Å². The third-order valence-electron chi connectivity index (χ3n) is 8.55. The number of aryl methyl sites for hydroxylation is 1. The zero-order chi connectivity index (χ0) is 27.6. The number of carboxylic acids is 1. The zero-order valence-corrected chi connectivity index (χ0v) is 23.3. The Labute approximate surface area is 235 Å². The lowest BCUT2D eigenvalue weighted by molar-refractivity contribution is -0.164. The lowest BCUT2D eigenvalue weighted by atomic mass is 9.70. The zero-order valence-electron chi connectivity index (χ0n) is 22.5. The van der Waals surface area contributed by atoms with Gasteiger partial charge < -0.3 is 24.7 Å². The van der Waals surface area contributed by atoms with Crippen LogP contribution in [0.25, 0.3) is 0 Å². The summed E-state index contributed by atoms with van der Waals surface area (Å²) in [6.45, 7) is 2.44. The fourth-order valence-corrected chi connectivity index (χ4v) is 6.45. The molecule has 1 amide bonds. The molecule has 208 valence electrons. The molecule has 0 aromatic heterocycles. The molecular formula is C31H37ClN2O5. The summed E-state index contributed by atoms with van der Waals surface area (Å²) in [5.74, 6) is -1.20. The van der Waals surface area contributed by atoms with Gasteiger partial charge in [0.2, 0.25) is 5.91 Å². The molecule has 2 aromatic rings. The molecule has 1 spiro atoms. The number of carboxylic acid groups (broad SMARTS) is 1. The van der Waals surface area contributed by atoms with Gasteiger partial charge in [-0.2, -0.15) is 0 Å². The molecular weight excluding hydrogens is 516 g/mol. The minimum atomic E-state index is -2.35. The number of hydrogen-bond donors (Lipinski definition) is 2. The fourth-order valence-electron chi connectivity index (χ4n) is 6.26. The third kappa shape index (κ3) is 5.52. The fraction of sp³-hybridized carbons (Fsp3) is 0.484. The molecule has 2 heterocycles. The number of hydrogen-bond acceptors (Lipinski definition) is 5. The van der Waals surface area contributed by atoms with E-state index in [-0.39, 0.29) is 11.0 Å². The van der Waals surface area contributed by atoms with E-state index in [0.717, 1.165) is 55.8 Å². The molecule has 3 aliphatic rings. The van der Waals surface area contributed by atoms with Crippen molar-refractivity contribution in [1.29, 1.82) is 0 Å². The normalized spacial score (nSPS) is 26.9. The predicted molar refractivity (Wildman–Crippen MR) is 152 cm³/mol. The number of amides is 1. The van der Waals surface area contributed by atoms with Gasteiger partial charge in [-0.05, 0) is 85.9 Å². The second-order valence-electron chi connectivity index (χ2n) is 11.2. The summed E-state index contributed by atoms with van der Waals surface area (Å²) in [4.78, 5) is 29.1. The van der Waals surface area contributed by atoms with Crippen LogP contribution in [0.4, 0.5) is 5.69 Å². The summed E-state index contributed by atoms with van der Waals surface area (Å²) in [5.41, 5.74) is 0.872. The van der Waals surface area contributed by atoms with E-state index < -0.39 is 23.9 Å². The molecule has 2 bridgehead atoms. The van der Waals surface area contributed by atoms with Gasteiger partial charge in [-0.15, -0.1) is 0 Å². The van der Waals surface area contributed by atoms with Crippen LogP contribution in [0.2, 0.25) is 5.02 Å². The Bertz CT molecular complexity index is 1280. The maximum atomic E-state index is 13.0. The maximum Gasteiger partial charge on any atom is 0.340 e. The van der Waals surface area contributed by atoms with E-state index in [9.17, 15) is 19.8 Å². The highest BCUT2D eigenvalue weighted by Crippen LogP contribution is 2.45. The maximum absolute atomic E-state index is 13.0. The molecule has 0 radical (unpaired) electrons. The first-order valence-electron chi connectivity index (χ1n) is 13.9. The van der Waals surface area contributed by atoms with Gasteiger partial charge in [0.1, 0.15) is 5.75 Å².